The van der Waals surface area contributed by atoms with Crippen LogP contribution in [0.5, 0.6) is 0 Å². The first-order chi connectivity index (χ1) is 8.59. The van der Waals surface area contributed by atoms with Gasteiger partial charge in [-0.1, -0.05) is 6.92 Å². The number of aryl methyl sites for hydroxylation is 1. The monoisotopic (exact) mass is 273 g/mol. The van der Waals surface area contributed by atoms with E-state index in [0.717, 1.165) is 25.9 Å². The molecule has 4 heteroatoms. The fourth-order valence-electron chi connectivity index (χ4n) is 2.56. The van der Waals surface area contributed by atoms with Crippen molar-refractivity contribution in [3.8, 4) is 0 Å². The summed E-state index contributed by atoms with van der Waals surface area (Å²) in [6, 6.07) is 4.28. The molecular weight excluding hydrogens is 252 g/mol. The second kappa shape index (κ2) is 6.11. The molecule has 1 nitrogen and oxygen atoms in total. The van der Waals surface area contributed by atoms with E-state index in [0.29, 0.717) is 6.42 Å². The van der Waals surface area contributed by atoms with Crippen molar-refractivity contribution in [2.24, 2.45) is 5.92 Å². The van der Waals surface area contributed by atoms with Gasteiger partial charge in [-0.3, -0.25) is 0 Å². The third-order valence-electron chi connectivity index (χ3n) is 3.54. The molecule has 1 atom stereocenters. The van der Waals surface area contributed by atoms with Crippen LogP contribution in [-0.2, 0) is 13.0 Å². The highest BCUT2D eigenvalue weighted by Gasteiger charge is 2.35. The molecule has 0 aliphatic heterocycles. The molecule has 1 aromatic heterocycles. The highest BCUT2D eigenvalue weighted by molar-refractivity contribution is 7.11. The number of hydrogen-bond acceptors (Lipinski definition) is 2. The lowest BCUT2D eigenvalue weighted by atomic mass is 9.86. The molecule has 0 aromatic carbocycles. The molecule has 0 spiro atoms. The van der Waals surface area contributed by atoms with E-state index in [1.807, 2.05) is 11.3 Å². The van der Waals surface area contributed by atoms with Gasteiger partial charge in [-0.05, 0) is 43.9 Å². The van der Waals surface area contributed by atoms with Crippen molar-refractivity contribution in [2.45, 2.75) is 51.5 Å². The Bertz CT molecular complexity index is 376. The van der Waals surface area contributed by atoms with E-state index in [2.05, 4.69) is 24.4 Å². The summed E-state index contributed by atoms with van der Waals surface area (Å²) in [5, 5.41) is 3.32. The summed E-state index contributed by atoms with van der Waals surface area (Å²) in [6.07, 6.45) is 2.81. The summed E-state index contributed by atoms with van der Waals surface area (Å²) in [6.45, 7) is 3.68. The van der Waals surface area contributed by atoms with Crippen molar-refractivity contribution in [1.29, 1.82) is 0 Å². The van der Waals surface area contributed by atoms with Crippen LogP contribution in [0, 0.1) is 5.92 Å². The molecule has 1 aliphatic carbocycles. The standard InChI is InChI=1S/C14H21F2NS/c1-2-12-5-6-13(18-12)10-17-9-11-4-3-7-14(15,16)8-11/h5-6,11,17H,2-4,7-10H2,1H3. The van der Waals surface area contributed by atoms with Crippen LogP contribution in [0.4, 0.5) is 8.78 Å². The molecule has 1 saturated carbocycles. The Morgan fingerprint density at radius 2 is 2.17 bits per heavy atom. The van der Waals surface area contributed by atoms with E-state index >= 15 is 0 Å². The van der Waals surface area contributed by atoms with Gasteiger partial charge in [0.2, 0.25) is 5.92 Å². The SMILES string of the molecule is CCc1ccc(CNCC2CCCC(F)(F)C2)s1. The molecule has 0 bridgehead atoms. The molecule has 0 radical (unpaired) electrons. The van der Waals surface area contributed by atoms with Crippen LogP contribution >= 0.6 is 11.3 Å². The molecule has 1 aliphatic rings. The van der Waals surface area contributed by atoms with Gasteiger partial charge in [-0.2, -0.15) is 0 Å². The van der Waals surface area contributed by atoms with Crippen LogP contribution in [0.1, 0.15) is 42.4 Å². The lowest BCUT2D eigenvalue weighted by molar-refractivity contribution is -0.0520. The fourth-order valence-corrected chi connectivity index (χ4v) is 3.48. The molecule has 1 unspecified atom stereocenters. The second-order valence-corrected chi connectivity index (χ2v) is 6.42. The van der Waals surface area contributed by atoms with Crippen LogP contribution in [0.3, 0.4) is 0 Å². The quantitative estimate of drug-likeness (QED) is 0.846. The minimum absolute atomic E-state index is 0.0602. The molecule has 102 valence electrons. The molecule has 1 N–H and O–H groups in total. The highest BCUT2D eigenvalue weighted by atomic mass is 32.1. The van der Waals surface area contributed by atoms with Crippen LogP contribution in [-0.4, -0.2) is 12.5 Å². The van der Waals surface area contributed by atoms with E-state index in [1.165, 1.54) is 9.75 Å². The Morgan fingerprint density at radius 3 is 2.83 bits per heavy atom. The first kappa shape index (κ1) is 13.9. The van der Waals surface area contributed by atoms with E-state index < -0.39 is 5.92 Å². The van der Waals surface area contributed by atoms with Crippen LogP contribution in [0.25, 0.3) is 0 Å². The van der Waals surface area contributed by atoms with Gasteiger partial charge in [0, 0.05) is 29.1 Å². The summed E-state index contributed by atoms with van der Waals surface area (Å²) in [4.78, 5) is 2.69. The second-order valence-electron chi connectivity index (χ2n) is 5.17. The lowest BCUT2D eigenvalue weighted by Crippen LogP contribution is -2.32. The number of alkyl halides is 2. The number of thiophene rings is 1. The van der Waals surface area contributed by atoms with Crippen molar-refractivity contribution in [3.63, 3.8) is 0 Å². The average molecular weight is 273 g/mol. The normalized spacial score (nSPS) is 23.2. The smallest absolute Gasteiger partial charge is 0.248 e. The zero-order valence-electron chi connectivity index (χ0n) is 10.8. The van der Waals surface area contributed by atoms with Gasteiger partial charge in [0.05, 0.1) is 0 Å². The third kappa shape index (κ3) is 4.02. The summed E-state index contributed by atoms with van der Waals surface area (Å²) in [7, 11) is 0. The summed E-state index contributed by atoms with van der Waals surface area (Å²) in [5.41, 5.74) is 0. The fraction of sp³-hybridized carbons (Fsp3) is 0.714. The van der Waals surface area contributed by atoms with E-state index in [4.69, 9.17) is 0 Å². The molecule has 18 heavy (non-hydrogen) atoms. The summed E-state index contributed by atoms with van der Waals surface area (Å²) < 4.78 is 26.5. The number of hydrogen-bond donors (Lipinski definition) is 1. The van der Waals surface area contributed by atoms with Gasteiger partial charge in [0.15, 0.2) is 0 Å². The van der Waals surface area contributed by atoms with Gasteiger partial charge < -0.3 is 5.32 Å². The maximum Gasteiger partial charge on any atom is 0.248 e. The topological polar surface area (TPSA) is 12.0 Å². The van der Waals surface area contributed by atoms with Crippen LogP contribution in [0.15, 0.2) is 12.1 Å². The number of rotatable bonds is 5. The minimum Gasteiger partial charge on any atom is -0.312 e. The summed E-state index contributed by atoms with van der Waals surface area (Å²) in [5.74, 6) is -2.29. The van der Waals surface area contributed by atoms with Gasteiger partial charge in [0.25, 0.3) is 0 Å². The van der Waals surface area contributed by atoms with E-state index in [1.54, 1.807) is 0 Å². The Kier molecular flexibility index (Phi) is 4.73. The highest BCUT2D eigenvalue weighted by Crippen LogP contribution is 2.36. The molecule has 0 saturated heterocycles. The van der Waals surface area contributed by atoms with E-state index in [9.17, 15) is 8.78 Å². The Balaban J connectivity index is 1.71. The maximum atomic E-state index is 13.2. The molecule has 1 aromatic rings. The molecule has 2 rings (SSSR count). The first-order valence-corrected chi connectivity index (χ1v) is 7.57. The number of nitrogens with one attached hydrogen (secondary N) is 1. The predicted molar refractivity (Wildman–Crippen MR) is 72.3 cm³/mol. The summed E-state index contributed by atoms with van der Waals surface area (Å²) >= 11 is 1.81. The first-order valence-electron chi connectivity index (χ1n) is 6.75. The Labute approximate surface area is 112 Å². The minimum atomic E-state index is -2.43. The molecule has 1 heterocycles. The van der Waals surface area contributed by atoms with Crippen molar-refractivity contribution < 1.29 is 8.78 Å². The molecule has 1 fully saturated rings. The average Bonchev–Trinajstić information content (AvgIpc) is 2.76. The van der Waals surface area contributed by atoms with Gasteiger partial charge in [-0.15, -0.1) is 11.3 Å². The van der Waals surface area contributed by atoms with Gasteiger partial charge in [-0.25, -0.2) is 8.78 Å². The van der Waals surface area contributed by atoms with Crippen LogP contribution in [0.2, 0.25) is 0 Å². The van der Waals surface area contributed by atoms with Crippen molar-refractivity contribution in [3.05, 3.63) is 21.9 Å². The number of halogens is 2. The van der Waals surface area contributed by atoms with Crippen LogP contribution < -0.4 is 5.32 Å². The Morgan fingerprint density at radius 1 is 1.39 bits per heavy atom. The zero-order chi connectivity index (χ0) is 13.0. The van der Waals surface area contributed by atoms with Crippen molar-refractivity contribution in [2.75, 3.05) is 6.54 Å². The third-order valence-corrected chi connectivity index (χ3v) is 4.77. The predicted octanol–water partition coefficient (Wildman–Crippen LogP) is 4.23. The molecule has 0 amide bonds. The zero-order valence-corrected chi connectivity index (χ0v) is 11.7. The molecular formula is C14H21F2NS. The van der Waals surface area contributed by atoms with Crippen molar-refractivity contribution >= 4 is 11.3 Å². The van der Waals surface area contributed by atoms with Gasteiger partial charge >= 0.3 is 0 Å². The van der Waals surface area contributed by atoms with E-state index in [-0.39, 0.29) is 18.8 Å². The largest absolute Gasteiger partial charge is 0.312 e. The van der Waals surface area contributed by atoms with Crippen molar-refractivity contribution in [1.82, 2.24) is 5.32 Å². The Hall–Kier alpha value is -0.480. The maximum absolute atomic E-state index is 13.2. The lowest BCUT2D eigenvalue weighted by Gasteiger charge is -2.28. The van der Waals surface area contributed by atoms with Gasteiger partial charge in [0.1, 0.15) is 0 Å².